The number of rotatable bonds is 5. The second kappa shape index (κ2) is 6.83. The smallest absolute Gasteiger partial charge is 0.174 e. The molecule has 0 aliphatic carbocycles. The van der Waals surface area contributed by atoms with Gasteiger partial charge in [-0.25, -0.2) is 0 Å². The van der Waals surface area contributed by atoms with Gasteiger partial charge in [-0.15, -0.1) is 23.1 Å². The predicted molar refractivity (Wildman–Crippen MR) is 87.2 cm³/mol. The molecule has 0 atom stereocenters. The lowest BCUT2D eigenvalue weighted by Crippen LogP contribution is -2.34. The SMILES string of the molecule is CCC(=O)c1sc(N2CCC(CO)CC2)c(SC)c1N. The minimum atomic E-state index is 0.124. The second-order valence-corrected chi connectivity index (χ2v) is 6.89. The van der Waals surface area contributed by atoms with Crippen LogP contribution in [0.1, 0.15) is 35.9 Å². The minimum absolute atomic E-state index is 0.124. The molecule has 0 unspecified atom stereocenters. The number of piperidine rings is 1. The van der Waals surface area contributed by atoms with Gasteiger partial charge >= 0.3 is 0 Å². The van der Waals surface area contributed by atoms with E-state index < -0.39 is 0 Å². The number of thioether (sulfide) groups is 1. The van der Waals surface area contributed by atoms with Gasteiger partial charge in [-0.1, -0.05) is 6.92 Å². The lowest BCUT2D eigenvalue weighted by atomic mass is 9.98. The van der Waals surface area contributed by atoms with E-state index in [0.29, 0.717) is 22.9 Å². The van der Waals surface area contributed by atoms with Crippen molar-refractivity contribution < 1.29 is 9.90 Å². The highest BCUT2D eigenvalue weighted by atomic mass is 32.2. The quantitative estimate of drug-likeness (QED) is 0.646. The monoisotopic (exact) mass is 314 g/mol. The van der Waals surface area contributed by atoms with Crippen molar-refractivity contribution in [2.24, 2.45) is 5.92 Å². The van der Waals surface area contributed by atoms with Gasteiger partial charge in [0.2, 0.25) is 0 Å². The molecule has 2 heterocycles. The summed E-state index contributed by atoms with van der Waals surface area (Å²) < 4.78 is 0. The number of Topliss-reactive ketones (excluding diaryl/α,β-unsaturated/α-hetero) is 1. The van der Waals surface area contributed by atoms with E-state index in [1.165, 1.54) is 11.3 Å². The number of nitrogen functional groups attached to an aromatic ring is 1. The number of hydrogen-bond acceptors (Lipinski definition) is 6. The first-order valence-corrected chi connectivity index (χ1v) is 9.01. The molecule has 0 radical (unpaired) electrons. The van der Waals surface area contributed by atoms with E-state index in [1.807, 2.05) is 13.2 Å². The number of nitrogens with zero attached hydrogens (tertiary/aromatic N) is 1. The van der Waals surface area contributed by atoms with Crippen molar-refractivity contribution >= 4 is 39.6 Å². The van der Waals surface area contributed by atoms with Crippen LogP contribution < -0.4 is 10.6 Å². The Labute approximate surface area is 128 Å². The van der Waals surface area contributed by atoms with Crippen molar-refractivity contribution in [2.45, 2.75) is 31.1 Å². The summed E-state index contributed by atoms with van der Waals surface area (Å²) in [4.78, 5) is 16.0. The van der Waals surface area contributed by atoms with E-state index in [9.17, 15) is 9.90 Å². The fourth-order valence-corrected chi connectivity index (χ4v) is 4.75. The predicted octanol–water partition coefficient (Wildman–Crippen LogP) is 2.85. The van der Waals surface area contributed by atoms with Crippen molar-refractivity contribution in [3.8, 4) is 0 Å². The van der Waals surface area contributed by atoms with Crippen molar-refractivity contribution in [3.63, 3.8) is 0 Å². The molecule has 1 fully saturated rings. The molecular formula is C14H22N2O2S2. The van der Waals surface area contributed by atoms with Crippen LogP contribution in [0.5, 0.6) is 0 Å². The molecule has 1 aromatic rings. The summed E-state index contributed by atoms with van der Waals surface area (Å²) in [5.41, 5.74) is 6.80. The Hall–Kier alpha value is -0.720. The van der Waals surface area contributed by atoms with Crippen LogP contribution in [-0.2, 0) is 0 Å². The van der Waals surface area contributed by atoms with Crippen molar-refractivity contribution in [2.75, 3.05) is 36.6 Å². The van der Waals surface area contributed by atoms with Crippen LogP contribution in [0.3, 0.4) is 0 Å². The third-order valence-corrected chi connectivity index (χ3v) is 6.08. The first kappa shape index (κ1) is 15.7. The molecule has 6 heteroatoms. The summed E-state index contributed by atoms with van der Waals surface area (Å²) in [7, 11) is 0. The number of thiophene rings is 1. The number of nitrogens with two attached hydrogens (primary N) is 1. The van der Waals surface area contributed by atoms with E-state index in [2.05, 4.69) is 4.90 Å². The molecule has 2 rings (SSSR count). The number of carbonyl (C=O) groups is 1. The van der Waals surface area contributed by atoms with Gasteiger partial charge in [-0.2, -0.15) is 0 Å². The van der Waals surface area contributed by atoms with Gasteiger partial charge in [-0.3, -0.25) is 4.79 Å². The number of aliphatic hydroxyl groups excluding tert-OH is 1. The Bertz CT molecular complexity index is 480. The number of aliphatic hydroxyl groups is 1. The third-order valence-electron chi connectivity index (χ3n) is 3.82. The van der Waals surface area contributed by atoms with E-state index >= 15 is 0 Å². The average molecular weight is 314 g/mol. The van der Waals surface area contributed by atoms with Gasteiger partial charge in [0, 0.05) is 26.1 Å². The van der Waals surface area contributed by atoms with Gasteiger partial charge < -0.3 is 15.7 Å². The van der Waals surface area contributed by atoms with Crippen molar-refractivity contribution in [3.05, 3.63) is 4.88 Å². The van der Waals surface area contributed by atoms with Gasteiger partial charge in [0.05, 0.1) is 15.5 Å². The zero-order chi connectivity index (χ0) is 14.7. The zero-order valence-corrected chi connectivity index (χ0v) is 13.6. The number of carbonyl (C=O) groups excluding carboxylic acids is 1. The molecule has 3 N–H and O–H groups in total. The standard InChI is InChI=1S/C14H22N2O2S2/c1-3-10(18)12-11(15)13(19-2)14(20-12)16-6-4-9(8-17)5-7-16/h9,17H,3-8,15H2,1-2H3. The lowest BCUT2D eigenvalue weighted by Gasteiger charge is -2.32. The van der Waals surface area contributed by atoms with Crippen LogP contribution >= 0.6 is 23.1 Å². The Morgan fingerprint density at radius 1 is 1.50 bits per heavy atom. The Kier molecular flexibility index (Phi) is 5.35. The molecule has 0 amide bonds. The zero-order valence-electron chi connectivity index (χ0n) is 12.0. The van der Waals surface area contributed by atoms with Crippen molar-refractivity contribution in [1.29, 1.82) is 0 Å². The average Bonchev–Trinajstić information content (AvgIpc) is 2.83. The molecule has 1 saturated heterocycles. The van der Waals surface area contributed by atoms with Crippen LogP contribution in [0.2, 0.25) is 0 Å². The summed E-state index contributed by atoms with van der Waals surface area (Å²) in [6.45, 7) is 4.00. The normalized spacial score (nSPS) is 16.6. The van der Waals surface area contributed by atoms with Gasteiger partial charge in [0.15, 0.2) is 5.78 Å². The van der Waals surface area contributed by atoms with E-state index in [1.54, 1.807) is 11.8 Å². The Morgan fingerprint density at radius 3 is 2.65 bits per heavy atom. The van der Waals surface area contributed by atoms with Gasteiger partial charge in [-0.05, 0) is 25.0 Å². The fourth-order valence-electron chi connectivity index (χ4n) is 2.51. The topological polar surface area (TPSA) is 66.6 Å². The molecule has 0 spiro atoms. The largest absolute Gasteiger partial charge is 0.396 e. The third kappa shape index (κ3) is 2.97. The summed E-state index contributed by atoms with van der Waals surface area (Å²) in [5.74, 6) is 0.539. The minimum Gasteiger partial charge on any atom is -0.396 e. The molecule has 1 aliphatic heterocycles. The van der Waals surface area contributed by atoms with Gasteiger partial charge in [0.25, 0.3) is 0 Å². The summed E-state index contributed by atoms with van der Waals surface area (Å²) in [5, 5.41) is 10.3. The van der Waals surface area contributed by atoms with Crippen LogP contribution in [-0.4, -0.2) is 36.8 Å². The summed E-state index contributed by atoms with van der Waals surface area (Å²) in [6, 6.07) is 0. The van der Waals surface area contributed by atoms with E-state index in [-0.39, 0.29) is 12.4 Å². The van der Waals surface area contributed by atoms with Crippen molar-refractivity contribution in [1.82, 2.24) is 0 Å². The van der Waals surface area contributed by atoms with E-state index in [4.69, 9.17) is 5.73 Å². The van der Waals surface area contributed by atoms with Crippen LogP contribution in [0, 0.1) is 5.92 Å². The van der Waals surface area contributed by atoms with Crippen LogP contribution in [0.25, 0.3) is 0 Å². The van der Waals surface area contributed by atoms with Gasteiger partial charge in [0.1, 0.15) is 5.00 Å². The Balaban J connectivity index is 2.25. The number of hydrogen-bond donors (Lipinski definition) is 2. The maximum Gasteiger partial charge on any atom is 0.174 e. The molecule has 112 valence electrons. The maximum atomic E-state index is 12.0. The highest BCUT2D eigenvalue weighted by Crippen LogP contribution is 2.45. The molecule has 1 aromatic heterocycles. The van der Waals surface area contributed by atoms with E-state index in [0.717, 1.165) is 35.8 Å². The molecule has 0 bridgehead atoms. The molecule has 1 aliphatic rings. The fraction of sp³-hybridized carbons (Fsp3) is 0.643. The summed E-state index contributed by atoms with van der Waals surface area (Å²) in [6.07, 6.45) is 4.49. The lowest BCUT2D eigenvalue weighted by molar-refractivity contribution is 0.0992. The van der Waals surface area contributed by atoms with Crippen LogP contribution in [0.4, 0.5) is 10.7 Å². The first-order chi connectivity index (χ1) is 9.62. The second-order valence-electron chi connectivity index (χ2n) is 5.07. The Morgan fingerprint density at radius 2 is 2.15 bits per heavy atom. The first-order valence-electron chi connectivity index (χ1n) is 6.97. The molecule has 0 saturated carbocycles. The number of ketones is 1. The maximum absolute atomic E-state index is 12.0. The molecular weight excluding hydrogens is 292 g/mol. The van der Waals surface area contributed by atoms with Crippen LogP contribution in [0.15, 0.2) is 4.90 Å². The highest BCUT2D eigenvalue weighted by molar-refractivity contribution is 7.99. The molecule has 0 aromatic carbocycles. The molecule has 4 nitrogen and oxygen atoms in total. The molecule has 20 heavy (non-hydrogen) atoms. The highest BCUT2D eigenvalue weighted by Gasteiger charge is 2.26. The number of anilines is 2. The summed E-state index contributed by atoms with van der Waals surface area (Å²) >= 11 is 3.14.